The highest BCUT2D eigenvalue weighted by atomic mass is 16.2. The van der Waals surface area contributed by atoms with Gasteiger partial charge in [-0.3, -0.25) is 9.36 Å². The van der Waals surface area contributed by atoms with Gasteiger partial charge in [-0.25, -0.2) is 14.8 Å². The minimum absolute atomic E-state index is 0.0531. The van der Waals surface area contributed by atoms with Crippen molar-refractivity contribution in [3.05, 3.63) is 58.0 Å². The normalized spacial score (nSPS) is 14.7. The summed E-state index contributed by atoms with van der Waals surface area (Å²) in [5.74, 6) is 0.441. The van der Waals surface area contributed by atoms with Crippen LogP contribution < -0.4 is 21.1 Å². The smallest absolute Gasteiger partial charge is 0.319 e. The average Bonchev–Trinajstić information content (AvgIpc) is 2.75. The third-order valence-corrected chi connectivity index (χ3v) is 5.79. The van der Waals surface area contributed by atoms with E-state index < -0.39 is 0 Å². The number of rotatable bonds is 3. The Morgan fingerprint density at radius 1 is 1.13 bits per heavy atom. The number of aromatic nitrogens is 3. The molecular formula is C22H26N6O2. The third-order valence-electron chi connectivity index (χ3n) is 5.79. The van der Waals surface area contributed by atoms with Gasteiger partial charge in [0.2, 0.25) is 0 Å². The van der Waals surface area contributed by atoms with Gasteiger partial charge in [0.25, 0.3) is 5.56 Å². The predicted octanol–water partition coefficient (Wildman–Crippen LogP) is 2.74. The fourth-order valence-electron chi connectivity index (χ4n) is 3.81. The molecule has 0 atom stereocenters. The van der Waals surface area contributed by atoms with Crippen LogP contribution in [-0.2, 0) is 7.05 Å². The largest absolute Gasteiger partial charge is 0.352 e. The van der Waals surface area contributed by atoms with Crippen LogP contribution in [0, 0.1) is 13.8 Å². The van der Waals surface area contributed by atoms with E-state index in [1.165, 1.54) is 0 Å². The average molecular weight is 406 g/mol. The van der Waals surface area contributed by atoms with Crippen molar-refractivity contribution in [3.8, 4) is 0 Å². The second-order valence-corrected chi connectivity index (χ2v) is 7.75. The van der Waals surface area contributed by atoms with E-state index in [-0.39, 0.29) is 17.6 Å². The summed E-state index contributed by atoms with van der Waals surface area (Å²) >= 11 is 0. The molecule has 30 heavy (non-hydrogen) atoms. The van der Waals surface area contributed by atoms with E-state index in [4.69, 9.17) is 0 Å². The molecule has 8 nitrogen and oxygen atoms in total. The number of urea groups is 1. The van der Waals surface area contributed by atoms with E-state index in [0.717, 1.165) is 29.7 Å². The Morgan fingerprint density at radius 3 is 2.67 bits per heavy atom. The van der Waals surface area contributed by atoms with Crippen molar-refractivity contribution in [2.24, 2.45) is 7.05 Å². The molecule has 0 radical (unpaired) electrons. The number of piperidine rings is 1. The quantitative estimate of drug-likeness (QED) is 0.698. The van der Waals surface area contributed by atoms with Gasteiger partial charge in [-0.15, -0.1) is 0 Å². The minimum atomic E-state index is -0.201. The van der Waals surface area contributed by atoms with E-state index in [1.54, 1.807) is 17.8 Å². The number of carbonyl (C=O) groups excluding carboxylic acids is 1. The number of anilines is 2. The van der Waals surface area contributed by atoms with Gasteiger partial charge in [0, 0.05) is 38.1 Å². The monoisotopic (exact) mass is 406 g/mol. The molecular weight excluding hydrogens is 380 g/mol. The zero-order valence-corrected chi connectivity index (χ0v) is 17.5. The number of aryl methyl sites for hydroxylation is 2. The van der Waals surface area contributed by atoms with Gasteiger partial charge in [0.05, 0.1) is 0 Å². The highest BCUT2D eigenvalue weighted by Crippen LogP contribution is 2.19. The maximum absolute atomic E-state index is 12.7. The molecule has 3 aromatic rings. The van der Waals surface area contributed by atoms with Crippen molar-refractivity contribution >= 4 is 28.7 Å². The van der Waals surface area contributed by atoms with Crippen molar-refractivity contribution < 1.29 is 4.79 Å². The number of hydrogen-bond acceptors (Lipinski definition) is 5. The van der Waals surface area contributed by atoms with Gasteiger partial charge in [0.15, 0.2) is 11.5 Å². The Balaban J connectivity index is 1.40. The number of amides is 2. The van der Waals surface area contributed by atoms with Crippen molar-refractivity contribution in [3.63, 3.8) is 0 Å². The number of nitrogens with zero attached hydrogens (tertiary/aromatic N) is 4. The summed E-state index contributed by atoms with van der Waals surface area (Å²) in [4.78, 5) is 36.0. The van der Waals surface area contributed by atoms with Crippen LogP contribution in [-0.4, -0.2) is 39.7 Å². The molecule has 1 saturated heterocycles. The zero-order valence-electron chi connectivity index (χ0n) is 17.5. The molecule has 2 aromatic heterocycles. The maximum Gasteiger partial charge on any atom is 0.319 e. The molecule has 0 unspecified atom stereocenters. The lowest BCUT2D eigenvalue weighted by Gasteiger charge is -2.33. The van der Waals surface area contributed by atoms with Crippen LogP contribution in [0.25, 0.3) is 11.2 Å². The third kappa shape index (κ3) is 3.85. The summed E-state index contributed by atoms with van der Waals surface area (Å²) in [6.45, 7) is 5.33. The lowest BCUT2D eigenvalue weighted by molar-refractivity contribution is 0.246. The van der Waals surface area contributed by atoms with Gasteiger partial charge in [0.1, 0.15) is 5.52 Å². The van der Waals surface area contributed by atoms with Gasteiger partial charge in [-0.1, -0.05) is 12.1 Å². The number of fused-ring (bicyclic) bond motifs is 1. The summed E-state index contributed by atoms with van der Waals surface area (Å²) < 4.78 is 1.54. The first-order chi connectivity index (χ1) is 14.4. The molecule has 156 valence electrons. The number of carbonyl (C=O) groups is 1. The Hall–Kier alpha value is -3.42. The second kappa shape index (κ2) is 8.14. The van der Waals surface area contributed by atoms with Crippen molar-refractivity contribution in [1.29, 1.82) is 0 Å². The Labute approximate surface area is 175 Å². The van der Waals surface area contributed by atoms with Gasteiger partial charge >= 0.3 is 6.03 Å². The first kappa shape index (κ1) is 19.9. The van der Waals surface area contributed by atoms with Crippen molar-refractivity contribution in [2.75, 3.05) is 23.3 Å². The summed E-state index contributed by atoms with van der Waals surface area (Å²) in [7, 11) is 1.72. The lowest BCUT2D eigenvalue weighted by atomic mass is 10.1. The van der Waals surface area contributed by atoms with E-state index in [9.17, 15) is 9.59 Å². The summed E-state index contributed by atoms with van der Waals surface area (Å²) in [5, 5.41) is 5.99. The molecule has 1 aliphatic heterocycles. The number of hydrogen-bond donors (Lipinski definition) is 2. The number of benzene rings is 1. The fraction of sp³-hybridized carbons (Fsp3) is 0.364. The highest BCUT2D eigenvalue weighted by molar-refractivity contribution is 5.90. The fourth-order valence-corrected chi connectivity index (χ4v) is 3.81. The molecule has 1 fully saturated rings. The van der Waals surface area contributed by atoms with Gasteiger partial charge in [-0.2, -0.15) is 0 Å². The Bertz CT molecular complexity index is 1150. The topological polar surface area (TPSA) is 92.2 Å². The van der Waals surface area contributed by atoms with Gasteiger partial charge < -0.3 is 15.5 Å². The van der Waals surface area contributed by atoms with Crippen LogP contribution in [0.15, 0.2) is 41.3 Å². The van der Waals surface area contributed by atoms with E-state index >= 15 is 0 Å². The molecule has 1 aromatic carbocycles. The van der Waals surface area contributed by atoms with Crippen LogP contribution in [0.1, 0.15) is 24.0 Å². The summed E-state index contributed by atoms with van der Waals surface area (Å²) in [5.41, 5.74) is 4.15. The van der Waals surface area contributed by atoms with E-state index in [0.29, 0.717) is 30.1 Å². The second-order valence-electron chi connectivity index (χ2n) is 7.75. The Morgan fingerprint density at radius 2 is 1.90 bits per heavy atom. The van der Waals surface area contributed by atoms with Gasteiger partial charge in [-0.05, 0) is 56.0 Å². The number of pyridine rings is 1. The molecule has 0 spiro atoms. The van der Waals surface area contributed by atoms with Crippen LogP contribution in [0.4, 0.5) is 16.3 Å². The molecule has 8 heteroatoms. The molecule has 0 bridgehead atoms. The SMILES string of the molecule is Cc1cccc(NC(=O)NC2CCN(c3nc4cccnc4n(C)c3=O)CC2)c1C. The molecule has 0 saturated carbocycles. The molecule has 4 rings (SSSR count). The van der Waals surface area contributed by atoms with Crippen LogP contribution in [0.3, 0.4) is 0 Å². The van der Waals surface area contributed by atoms with Crippen molar-refractivity contribution in [1.82, 2.24) is 19.9 Å². The van der Waals surface area contributed by atoms with Crippen LogP contribution in [0.5, 0.6) is 0 Å². The predicted molar refractivity (Wildman–Crippen MR) is 118 cm³/mol. The van der Waals surface area contributed by atoms with Crippen LogP contribution in [0.2, 0.25) is 0 Å². The number of nitrogens with one attached hydrogen (secondary N) is 2. The van der Waals surface area contributed by atoms with Crippen LogP contribution >= 0.6 is 0 Å². The molecule has 3 heterocycles. The Kier molecular flexibility index (Phi) is 5.39. The van der Waals surface area contributed by atoms with E-state index in [2.05, 4.69) is 20.6 Å². The molecule has 1 aliphatic rings. The highest BCUT2D eigenvalue weighted by Gasteiger charge is 2.24. The minimum Gasteiger partial charge on any atom is -0.352 e. The summed E-state index contributed by atoms with van der Waals surface area (Å²) in [6, 6.07) is 9.38. The first-order valence-corrected chi connectivity index (χ1v) is 10.1. The zero-order chi connectivity index (χ0) is 21.3. The van der Waals surface area contributed by atoms with E-state index in [1.807, 2.05) is 49.1 Å². The molecule has 0 aliphatic carbocycles. The summed E-state index contributed by atoms with van der Waals surface area (Å²) in [6.07, 6.45) is 3.15. The maximum atomic E-state index is 12.7. The molecule has 2 amide bonds. The first-order valence-electron chi connectivity index (χ1n) is 10.1. The molecule has 2 N–H and O–H groups in total. The van der Waals surface area contributed by atoms with Crippen molar-refractivity contribution in [2.45, 2.75) is 32.7 Å². The standard InChI is InChI=1S/C22H26N6O2/c1-14-6-4-7-17(15(14)2)26-22(30)24-16-9-12-28(13-10-16)20-21(29)27(3)19-18(25-20)8-5-11-23-19/h4-8,11,16H,9-10,12-13H2,1-3H3,(H2,24,26,30). The lowest BCUT2D eigenvalue weighted by Crippen LogP contribution is -2.47.